The van der Waals surface area contributed by atoms with Crippen molar-refractivity contribution in [2.45, 2.75) is 18.9 Å². The molecule has 1 aromatic rings. The summed E-state index contributed by atoms with van der Waals surface area (Å²) >= 11 is 3.28. The Kier molecular flexibility index (Phi) is 4.00. The first-order valence-electron chi connectivity index (χ1n) is 5.67. The summed E-state index contributed by atoms with van der Waals surface area (Å²) < 4.78 is 5.77. The normalized spacial score (nSPS) is 14.2. The Hall–Kier alpha value is -1.37. The average molecular weight is 315 g/mol. The van der Waals surface area contributed by atoms with Gasteiger partial charge in [-0.25, -0.2) is 4.98 Å². The van der Waals surface area contributed by atoms with Crippen LogP contribution < -0.4 is 15.0 Å². The van der Waals surface area contributed by atoms with Gasteiger partial charge in [-0.3, -0.25) is 4.79 Å². The van der Waals surface area contributed by atoms with Crippen molar-refractivity contribution in [2.24, 2.45) is 0 Å². The predicted octanol–water partition coefficient (Wildman–Crippen LogP) is 0.962. The van der Waals surface area contributed by atoms with Crippen LogP contribution in [0, 0.1) is 0 Å². The molecule has 1 heterocycles. The van der Waals surface area contributed by atoms with Gasteiger partial charge in [0.1, 0.15) is 0 Å². The van der Waals surface area contributed by atoms with E-state index in [0.29, 0.717) is 22.3 Å². The monoisotopic (exact) mass is 314 g/mol. The van der Waals surface area contributed by atoms with Crippen molar-refractivity contribution >= 4 is 27.8 Å². The smallest absolute Gasteiger partial charge is 0.239 e. The minimum Gasteiger partial charge on any atom is -0.480 e. The lowest BCUT2D eigenvalue weighted by molar-refractivity contribution is -0.119. The predicted molar refractivity (Wildman–Crippen MR) is 70.7 cm³/mol. The minimum atomic E-state index is -0.00881. The number of likely N-dealkylation sites (N-methyl/N-ethyl adjacent to an activating group) is 1. The lowest BCUT2D eigenvalue weighted by atomic mass is 10.5. The molecule has 1 amide bonds. The summed E-state index contributed by atoms with van der Waals surface area (Å²) in [6.45, 7) is 0.237. The number of nitrogens with one attached hydrogen (secondary N) is 1. The van der Waals surface area contributed by atoms with Crippen LogP contribution in [0.15, 0.2) is 10.7 Å². The Morgan fingerprint density at radius 1 is 1.67 bits per heavy atom. The highest BCUT2D eigenvalue weighted by atomic mass is 79.9. The molecule has 1 aromatic heterocycles. The molecule has 2 rings (SSSR count). The summed E-state index contributed by atoms with van der Waals surface area (Å²) in [7, 11) is 3.31. The molecule has 6 nitrogen and oxygen atoms in total. The second-order valence-electron chi connectivity index (χ2n) is 4.23. The highest BCUT2D eigenvalue weighted by Crippen LogP contribution is 2.23. The van der Waals surface area contributed by atoms with Gasteiger partial charge in [0, 0.05) is 13.1 Å². The zero-order chi connectivity index (χ0) is 13.1. The van der Waals surface area contributed by atoms with Crippen LogP contribution in [-0.4, -0.2) is 42.6 Å². The van der Waals surface area contributed by atoms with E-state index in [1.165, 1.54) is 7.11 Å². The van der Waals surface area contributed by atoms with Gasteiger partial charge in [0.05, 0.1) is 24.3 Å². The van der Waals surface area contributed by atoms with E-state index in [-0.39, 0.29) is 12.5 Å². The zero-order valence-corrected chi connectivity index (χ0v) is 11.9. The standard InChI is InChI=1S/C11H15BrN4O2/c1-16(6-9(17)14-7-3-4-7)11-13-5-8(12)10(15-11)18-2/h5,7H,3-4,6H2,1-2H3,(H,14,17). The van der Waals surface area contributed by atoms with Crippen molar-refractivity contribution < 1.29 is 9.53 Å². The van der Waals surface area contributed by atoms with Gasteiger partial charge in [0.15, 0.2) is 0 Å². The van der Waals surface area contributed by atoms with Gasteiger partial charge in [-0.1, -0.05) is 0 Å². The van der Waals surface area contributed by atoms with Gasteiger partial charge in [0.2, 0.25) is 17.7 Å². The Balaban J connectivity index is 1.98. The number of hydrogen-bond acceptors (Lipinski definition) is 5. The number of aromatic nitrogens is 2. The van der Waals surface area contributed by atoms with Crippen molar-refractivity contribution in [2.75, 3.05) is 25.6 Å². The highest BCUT2D eigenvalue weighted by Gasteiger charge is 2.24. The van der Waals surface area contributed by atoms with Gasteiger partial charge in [-0.05, 0) is 28.8 Å². The Labute approximate surface area is 114 Å². The van der Waals surface area contributed by atoms with Gasteiger partial charge >= 0.3 is 0 Å². The number of carbonyl (C=O) groups is 1. The quantitative estimate of drug-likeness (QED) is 0.877. The third kappa shape index (κ3) is 3.32. The molecule has 7 heteroatoms. The fraction of sp³-hybridized carbons (Fsp3) is 0.545. The molecule has 98 valence electrons. The Morgan fingerprint density at radius 2 is 2.39 bits per heavy atom. The largest absolute Gasteiger partial charge is 0.480 e. The molecule has 1 fully saturated rings. The van der Waals surface area contributed by atoms with Crippen molar-refractivity contribution in [3.8, 4) is 5.88 Å². The highest BCUT2D eigenvalue weighted by molar-refractivity contribution is 9.10. The number of methoxy groups -OCH3 is 1. The van der Waals surface area contributed by atoms with Crippen LogP contribution >= 0.6 is 15.9 Å². The summed E-state index contributed by atoms with van der Waals surface area (Å²) in [5.41, 5.74) is 0. The second-order valence-corrected chi connectivity index (χ2v) is 5.08. The van der Waals surface area contributed by atoms with E-state index in [2.05, 4.69) is 31.2 Å². The van der Waals surface area contributed by atoms with Crippen LogP contribution in [0.1, 0.15) is 12.8 Å². The topological polar surface area (TPSA) is 67.3 Å². The molecule has 0 bridgehead atoms. The Bertz CT molecular complexity index is 451. The first-order valence-corrected chi connectivity index (χ1v) is 6.46. The molecule has 0 radical (unpaired) electrons. The summed E-state index contributed by atoms with van der Waals surface area (Å²) in [5.74, 6) is 0.904. The van der Waals surface area contributed by atoms with Gasteiger partial charge < -0.3 is 15.0 Å². The molecule has 1 aliphatic carbocycles. The number of nitrogens with zero attached hydrogens (tertiary/aromatic N) is 3. The molecular weight excluding hydrogens is 300 g/mol. The molecule has 1 aliphatic rings. The molecule has 1 saturated carbocycles. The van der Waals surface area contributed by atoms with Gasteiger partial charge in [-0.15, -0.1) is 0 Å². The molecule has 0 aliphatic heterocycles. The third-order valence-corrected chi connectivity index (χ3v) is 3.10. The molecule has 0 spiro atoms. The van der Waals surface area contributed by atoms with Crippen LogP contribution in [-0.2, 0) is 4.79 Å². The van der Waals surface area contributed by atoms with Crippen molar-refractivity contribution in [3.63, 3.8) is 0 Å². The van der Waals surface area contributed by atoms with E-state index in [1.54, 1.807) is 18.1 Å². The van der Waals surface area contributed by atoms with E-state index < -0.39 is 0 Å². The lowest BCUT2D eigenvalue weighted by Crippen LogP contribution is -2.36. The fourth-order valence-electron chi connectivity index (χ4n) is 1.46. The van der Waals surface area contributed by atoms with E-state index in [4.69, 9.17) is 4.74 Å². The number of hydrogen-bond donors (Lipinski definition) is 1. The molecule has 0 atom stereocenters. The number of rotatable bonds is 5. The van der Waals surface area contributed by atoms with E-state index in [1.807, 2.05) is 0 Å². The third-order valence-electron chi connectivity index (χ3n) is 2.56. The lowest BCUT2D eigenvalue weighted by Gasteiger charge is -2.17. The number of anilines is 1. The van der Waals surface area contributed by atoms with E-state index >= 15 is 0 Å². The van der Waals surface area contributed by atoms with E-state index in [0.717, 1.165) is 12.8 Å². The molecule has 1 N–H and O–H groups in total. The van der Waals surface area contributed by atoms with E-state index in [9.17, 15) is 4.79 Å². The SMILES string of the molecule is COc1nc(N(C)CC(=O)NC2CC2)ncc1Br. The maximum atomic E-state index is 11.6. The minimum absolute atomic E-state index is 0.00881. The van der Waals surface area contributed by atoms with Crippen molar-refractivity contribution in [1.29, 1.82) is 0 Å². The number of carbonyl (C=O) groups excluding carboxylic acids is 1. The first-order chi connectivity index (χ1) is 8.60. The first kappa shape index (κ1) is 13.1. The van der Waals surface area contributed by atoms with Crippen LogP contribution in [0.25, 0.3) is 0 Å². The maximum Gasteiger partial charge on any atom is 0.239 e. The number of amides is 1. The summed E-state index contributed by atoms with van der Waals surface area (Å²) in [5, 5.41) is 2.92. The summed E-state index contributed by atoms with van der Waals surface area (Å²) in [6, 6.07) is 0.367. The van der Waals surface area contributed by atoms with Gasteiger partial charge in [0.25, 0.3) is 0 Å². The molecule has 18 heavy (non-hydrogen) atoms. The van der Waals surface area contributed by atoms with Crippen LogP contribution in [0.2, 0.25) is 0 Å². The van der Waals surface area contributed by atoms with Crippen molar-refractivity contribution in [1.82, 2.24) is 15.3 Å². The summed E-state index contributed by atoms with van der Waals surface area (Å²) in [4.78, 5) is 21.7. The molecule has 0 aromatic carbocycles. The molecule has 0 unspecified atom stereocenters. The number of halogens is 1. The van der Waals surface area contributed by atoms with Crippen molar-refractivity contribution in [3.05, 3.63) is 10.7 Å². The Morgan fingerprint density at radius 3 is 3.00 bits per heavy atom. The average Bonchev–Trinajstić information content (AvgIpc) is 3.13. The van der Waals surface area contributed by atoms with Crippen LogP contribution in [0.5, 0.6) is 5.88 Å². The molecular formula is C11H15BrN4O2. The maximum absolute atomic E-state index is 11.6. The summed E-state index contributed by atoms with van der Waals surface area (Å²) in [6.07, 6.45) is 3.77. The van der Waals surface area contributed by atoms with Crippen LogP contribution in [0.3, 0.4) is 0 Å². The molecule has 0 saturated heterocycles. The van der Waals surface area contributed by atoms with Crippen LogP contribution in [0.4, 0.5) is 5.95 Å². The number of ether oxygens (including phenoxy) is 1. The van der Waals surface area contributed by atoms with Gasteiger partial charge in [-0.2, -0.15) is 4.98 Å². The zero-order valence-electron chi connectivity index (χ0n) is 10.3. The second kappa shape index (κ2) is 5.51. The fourth-order valence-corrected chi connectivity index (χ4v) is 1.81.